The lowest BCUT2D eigenvalue weighted by Crippen LogP contribution is -2.33. The van der Waals surface area contributed by atoms with Gasteiger partial charge in [0.2, 0.25) is 0 Å². The molecule has 0 aromatic carbocycles. The van der Waals surface area contributed by atoms with Gasteiger partial charge in [-0.15, -0.1) is 0 Å². The van der Waals surface area contributed by atoms with Crippen molar-refractivity contribution < 1.29 is 4.74 Å². The van der Waals surface area contributed by atoms with Gasteiger partial charge < -0.3 is 10.1 Å². The number of thiophene rings is 1. The van der Waals surface area contributed by atoms with E-state index in [4.69, 9.17) is 4.74 Å². The second-order valence-electron chi connectivity index (χ2n) is 4.46. The number of aryl methyl sites for hydroxylation is 1. The minimum Gasteiger partial charge on any atom is -0.381 e. The van der Waals surface area contributed by atoms with Crippen LogP contribution in [0.25, 0.3) is 0 Å². The topological polar surface area (TPSA) is 21.3 Å². The van der Waals surface area contributed by atoms with E-state index in [0.717, 1.165) is 19.8 Å². The molecule has 2 heterocycles. The smallest absolute Gasteiger partial charge is 0.0535 e. The van der Waals surface area contributed by atoms with E-state index >= 15 is 0 Å². The van der Waals surface area contributed by atoms with E-state index in [1.165, 1.54) is 24.8 Å². The van der Waals surface area contributed by atoms with Gasteiger partial charge in [-0.05, 0) is 48.7 Å². The predicted molar refractivity (Wildman–Crippen MR) is 64.4 cm³/mol. The molecule has 84 valence electrons. The van der Waals surface area contributed by atoms with Crippen LogP contribution in [0.2, 0.25) is 0 Å². The van der Waals surface area contributed by atoms with E-state index < -0.39 is 0 Å². The molecule has 0 spiro atoms. The largest absolute Gasteiger partial charge is 0.381 e. The fraction of sp³-hybridized carbons (Fsp3) is 0.667. The summed E-state index contributed by atoms with van der Waals surface area (Å²) < 4.78 is 5.55. The highest BCUT2D eigenvalue weighted by Gasteiger charge is 2.33. The average molecular weight is 225 g/mol. The molecule has 2 rings (SSSR count). The van der Waals surface area contributed by atoms with Crippen LogP contribution in [0, 0.1) is 5.41 Å². The molecule has 0 radical (unpaired) electrons. The summed E-state index contributed by atoms with van der Waals surface area (Å²) in [5, 5.41) is 7.71. The minimum atomic E-state index is 0.386. The lowest BCUT2D eigenvalue weighted by Gasteiger charge is -2.26. The van der Waals surface area contributed by atoms with Gasteiger partial charge in [0.15, 0.2) is 0 Å². The van der Waals surface area contributed by atoms with Gasteiger partial charge >= 0.3 is 0 Å². The average Bonchev–Trinajstić information content (AvgIpc) is 2.85. The van der Waals surface area contributed by atoms with Crippen molar-refractivity contribution in [3.63, 3.8) is 0 Å². The van der Waals surface area contributed by atoms with Crippen LogP contribution in [0.15, 0.2) is 16.8 Å². The summed E-state index contributed by atoms with van der Waals surface area (Å²) in [4.78, 5) is 0. The first kappa shape index (κ1) is 11.1. The van der Waals surface area contributed by atoms with Crippen molar-refractivity contribution in [2.24, 2.45) is 5.41 Å². The second kappa shape index (κ2) is 5.10. The Labute approximate surface area is 95.6 Å². The number of rotatable bonds is 5. The third-order valence-corrected chi connectivity index (χ3v) is 3.99. The highest BCUT2D eigenvalue weighted by Crippen LogP contribution is 2.33. The second-order valence-corrected chi connectivity index (χ2v) is 5.24. The Morgan fingerprint density at radius 1 is 1.60 bits per heavy atom. The summed E-state index contributed by atoms with van der Waals surface area (Å²) in [7, 11) is 2.03. The number of nitrogens with one attached hydrogen (secondary N) is 1. The van der Waals surface area contributed by atoms with E-state index in [1.807, 2.05) is 7.05 Å². The maximum absolute atomic E-state index is 5.55. The standard InChI is InChI=1S/C12H19NOS/c1-13-9-12(5-6-14-10-12)4-2-11-3-7-15-8-11/h3,7-8,13H,2,4-6,9-10H2,1H3. The summed E-state index contributed by atoms with van der Waals surface area (Å²) in [6.07, 6.45) is 3.64. The normalized spacial score (nSPS) is 25.9. The quantitative estimate of drug-likeness (QED) is 0.830. The molecule has 1 N–H and O–H groups in total. The molecule has 0 bridgehead atoms. The first-order valence-electron chi connectivity index (χ1n) is 5.58. The molecule has 0 amide bonds. The molecular weight excluding hydrogens is 206 g/mol. The van der Waals surface area contributed by atoms with Crippen LogP contribution in [0.5, 0.6) is 0 Å². The van der Waals surface area contributed by atoms with Gasteiger partial charge in [-0.1, -0.05) is 0 Å². The van der Waals surface area contributed by atoms with Crippen molar-refractivity contribution >= 4 is 11.3 Å². The first-order chi connectivity index (χ1) is 7.35. The summed E-state index contributed by atoms with van der Waals surface area (Å²) in [6.45, 7) is 2.94. The lowest BCUT2D eigenvalue weighted by molar-refractivity contribution is 0.145. The highest BCUT2D eigenvalue weighted by atomic mass is 32.1. The number of hydrogen-bond acceptors (Lipinski definition) is 3. The van der Waals surface area contributed by atoms with Crippen LogP contribution >= 0.6 is 11.3 Å². The van der Waals surface area contributed by atoms with Gasteiger partial charge in [0.25, 0.3) is 0 Å². The molecule has 1 saturated heterocycles. The fourth-order valence-corrected chi connectivity index (χ4v) is 3.00. The van der Waals surface area contributed by atoms with E-state index in [2.05, 4.69) is 22.1 Å². The molecule has 2 nitrogen and oxygen atoms in total. The van der Waals surface area contributed by atoms with Gasteiger partial charge in [0.1, 0.15) is 0 Å². The molecule has 1 aromatic rings. The third-order valence-electron chi connectivity index (χ3n) is 3.26. The molecule has 15 heavy (non-hydrogen) atoms. The van der Waals surface area contributed by atoms with Crippen molar-refractivity contribution in [2.45, 2.75) is 19.3 Å². The van der Waals surface area contributed by atoms with E-state index in [0.29, 0.717) is 5.41 Å². The Kier molecular flexibility index (Phi) is 3.78. The predicted octanol–water partition coefficient (Wildman–Crippen LogP) is 2.31. The fourth-order valence-electron chi connectivity index (χ4n) is 2.29. The van der Waals surface area contributed by atoms with Gasteiger partial charge in [0.05, 0.1) is 6.61 Å². The Balaban J connectivity index is 1.89. The van der Waals surface area contributed by atoms with Crippen molar-refractivity contribution in [2.75, 3.05) is 26.8 Å². The monoisotopic (exact) mass is 225 g/mol. The van der Waals surface area contributed by atoms with Crippen LogP contribution in [0.4, 0.5) is 0 Å². The number of ether oxygens (including phenoxy) is 1. The molecule has 0 saturated carbocycles. The van der Waals surface area contributed by atoms with E-state index in [-0.39, 0.29) is 0 Å². The van der Waals surface area contributed by atoms with Crippen LogP contribution in [0.1, 0.15) is 18.4 Å². The zero-order valence-corrected chi connectivity index (χ0v) is 10.1. The van der Waals surface area contributed by atoms with Crippen molar-refractivity contribution in [1.82, 2.24) is 5.32 Å². The molecule has 0 aliphatic carbocycles. The van der Waals surface area contributed by atoms with Crippen molar-refractivity contribution in [3.8, 4) is 0 Å². The molecule has 1 aliphatic heterocycles. The first-order valence-corrected chi connectivity index (χ1v) is 6.52. The van der Waals surface area contributed by atoms with Gasteiger partial charge in [-0.3, -0.25) is 0 Å². The van der Waals surface area contributed by atoms with Gasteiger partial charge in [-0.25, -0.2) is 0 Å². The zero-order valence-electron chi connectivity index (χ0n) is 9.29. The summed E-state index contributed by atoms with van der Waals surface area (Å²) in [5.74, 6) is 0. The Morgan fingerprint density at radius 3 is 3.13 bits per heavy atom. The van der Waals surface area contributed by atoms with E-state index in [9.17, 15) is 0 Å². The van der Waals surface area contributed by atoms with Crippen LogP contribution in [-0.2, 0) is 11.2 Å². The van der Waals surface area contributed by atoms with Crippen LogP contribution in [0.3, 0.4) is 0 Å². The molecule has 1 aliphatic rings. The Morgan fingerprint density at radius 2 is 2.53 bits per heavy atom. The summed E-state index contributed by atoms with van der Waals surface area (Å²) in [6, 6.07) is 2.23. The Hall–Kier alpha value is -0.380. The van der Waals surface area contributed by atoms with Crippen molar-refractivity contribution in [1.29, 1.82) is 0 Å². The molecule has 1 aromatic heterocycles. The third kappa shape index (κ3) is 2.80. The SMILES string of the molecule is CNCC1(CCc2ccsc2)CCOC1. The molecule has 1 unspecified atom stereocenters. The van der Waals surface area contributed by atoms with Crippen molar-refractivity contribution in [3.05, 3.63) is 22.4 Å². The number of hydrogen-bond donors (Lipinski definition) is 1. The maximum Gasteiger partial charge on any atom is 0.0535 e. The van der Waals surface area contributed by atoms with E-state index in [1.54, 1.807) is 11.3 Å². The summed E-state index contributed by atoms with van der Waals surface area (Å²) >= 11 is 1.79. The molecule has 1 atom stereocenters. The highest BCUT2D eigenvalue weighted by molar-refractivity contribution is 7.07. The van der Waals surface area contributed by atoms with Crippen LogP contribution in [-0.4, -0.2) is 26.8 Å². The summed E-state index contributed by atoms with van der Waals surface area (Å²) in [5.41, 5.74) is 1.86. The maximum atomic E-state index is 5.55. The zero-order chi connectivity index (χ0) is 10.6. The molecule has 3 heteroatoms. The molecule has 1 fully saturated rings. The molecular formula is C12H19NOS. The van der Waals surface area contributed by atoms with Gasteiger partial charge in [-0.2, -0.15) is 11.3 Å². The Bertz CT molecular complexity index is 278. The van der Waals surface area contributed by atoms with Gasteiger partial charge in [0, 0.05) is 18.6 Å². The minimum absolute atomic E-state index is 0.386. The lowest BCUT2D eigenvalue weighted by atomic mass is 9.81. The van der Waals surface area contributed by atoms with Crippen LogP contribution < -0.4 is 5.32 Å².